The highest BCUT2D eigenvalue weighted by Crippen LogP contribution is 1.96. The number of nitrogens with two attached hydrogens (primary N) is 2. The molecule has 1 unspecified atom stereocenters. The Hall–Kier alpha value is -1.59. The first-order valence-corrected chi connectivity index (χ1v) is 4.34. The standard InChI is InChI=1S/C8H15N3O3/c1-2-7(13)11-5(8(10)14)3-4-6(9)12/h5H,2-4H2,1H3,(H2,9,12)(H2,10,14)(H,11,13). The van der Waals surface area contributed by atoms with E-state index in [2.05, 4.69) is 5.32 Å². The van der Waals surface area contributed by atoms with Gasteiger partial charge in [0.05, 0.1) is 0 Å². The van der Waals surface area contributed by atoms with Crippen molar-refractivity contribution in [3.05, 3.63) is 0 Å². The lowest BCUT2D eigenvalue weighted by atomic mass is 10.1. The van der Waals surface area contributed by atoms with Gasteiger partial charge in [0.1, 0.15) is 6.04 Å². The van der Waals surface area contributed by atoms with E-state index in [-0.39, 0.29) is 25.2 Å². The maximum absolute atomic E-state index is 10.9. The fraction of sp³-hybridized carbons (Fsp3) is 0.625. The first-order chi connectivity index (χ1) is 6.47. The third-order valence-electron chi connectivity index (χ3n) is 1.68. The Balaban J connectivity index is 4.09. The molecule has 6 nitrogen and oxygen atoms in total. The van der Waals surface area contributed by atoms with Crippen LogP contribution in [-0.2, 0) is 14.4 Å². The van der Waals surface area contributed by atoms with Crippen LogP contribution in [-0.4, -0.2) is 23.8 Å². The van der Waals surface area contributed by atoms with Crippen molar-refractivity contribution in [3.8, 4) is 0 Å². The highest BCUT2D eigenvalue weighted by atomic mass is 16.2. The van der Waals surface area contributed by atoms with Gasteiger partial charge < -0.3 is 16.8 Å². The third kappa shape index (κ3) is 5.13. The first kappa shape index (κ1) is 12.4. The minimum Gasteiger partial charge on any atom is -0.370 e. The van der Waals surface area contributed by atoms with E-state index in [4.69, 9.17) is 11.5 Å². The summed E-state index contributed by atoms with van der Waals surface area (Å²) in [6.45, 7) is 1.65. The predicted molar refractivity (Wildman–Crippen MR) is 49.8 cm³/mol. The van der Waals surface area contributed by atoms with Gasteiger partial charge in [-0.15, -0.1) is 0 Å². The number of nitrogens with one attached hydrogen (secondary N) is 1. The predicted octanol–water partition coefficient (Wildman–Crippen LogP) is -1.37. The number of hydrogen-bond acceptors (Lipinski definition) is 3. The van der Waals surface area contributed by atoms with E-state index in [1.165, 1.54) is 0 Å². The highest BCUT2D eigenvalue weighted by molar-refractivity contribution is 5.87. The Labute approximate surface area is 82.0 Å². The molecule has 0 bridgehead atoms. The van der Waals surface area contributed by atoms with E-state index >= 15 is 0 Å². The van der Waals surface area contributed by atoms with E-state index in [1.54, 1.807) is 6.92 Å². The van der Waals surface area contributed by atoms with Gasteiger partial charge in [0.15, 0.2) is 0 Å². The summed E-state index contributed by atoms with van der Waals surface area (Å²) in [5.74, 6) is -1.46. The summed E-state index contributed by atoms with van der Waals surface area (Å²) in [4.78, 5) is 32.2. The Kier molecular flexibility index (Phi) is 5.28. The topological polar surface area (TPSA) is 115 Å². The molecule has 5 N–H and O–H groups in total. The number of rotatable bonds is 6. The normalized spacial score (nSPS) is 11.8. The van der Waals surface area contributed by atoms with Gasteiger partial charge in [-0.2, -0.15) is 0 Å². The second-order valence-corrected chi connectivity index (χ2v) is 2.88. The van der Waals surface area contributed by atoms with E-state index in [9.17, 15) is 14.4 Å². The lowest BCUT2D eigenvalue weighted by Gasteiger charge is -2.13. The van der Waals surface area contributed by atoms with Crippen molar-refractivity contribution in [3.63, 3.8) is 0 Å². The minimum atomic E-state index is -0.810. The fourth-order valence-electron chi connectivity index (χ4n) is 0.869. The van der Waals surface area contributed by atoms with Gasteiger partial charge in [0.2, 0.25) is 17.7 Å². The van der Waals surface area contributed by atoms with Crippen molar-refractivity contribution in [1.29, 1.82) is 0 Å². The Morgan fingerprint density at radius 3 is 2.21 bits per heavy atom. The zero-order valence-electron chi connectivity index (χ0n) is 8.08. The molecule has 0 rings (SSSR count). The van der Waals surface area contributed by atoms with Crippen LogP contribution >= 0.6 is 0 Å². The molecule has 3 amide bonds. The van der Waals surface area contributed by atoms with Crippen molar-refractivity contribution < 1.29 is 14.4 Å². The summed E-state index contributed by atoms with van der Waals surface area (Å²) in [6, 6.07) is -0.810. The van der Waals surface area contributed by atoms with E-state index in [1.807, 2.05) is 0 Å². The van der Waals surface area contributed by atoms with Gasteiger partial charge in [-0.3, -0.25) is 14.4 Å². The van der Waals surface area contributed by atoms with Crippen LogP contribution in [0.4, 0.5) is 0 Å². The molecule has 0 saturated heterocycles. The summed E-state index contributed by atoms with van der Waals surface area (Å²) in [5.41, 5.74) is 9.92. The molecule has 0 radical (unpaired) electrons. The van der Waals surface area contributed by atoms with Gasteiger partial charge in [-0.1, -0.05) is 6.92 Å². The first-order valence-electron chi connectivity index (χ1n) is 4.34. The number of amides is 3. The van der Waals surface area contributed by atoms with Crippen LogP contribution in [0.2, 0.25) is 0 Å². The monoisotopic (exact) mass is 201 g/mol. The molecule has 0 heterocycles. The van der Waals surface area contributed by atoms with Gasteiger partial charge in [0.25, 0.3) is 0 Å². The molecule has 0 aromatic rings. The zero-order chi connectivity index (χ0) is 11.1. The number of carbonyl (C=O) groups excluding carboxylic acids is 3. The Morgan fingerprint density at radius 2 is 1.86 bits per heavy atom. The maximum atomic E-state index is 10.9. The molecule has 0 saturated carbocycles. The molecule has 0 spiro atoms. The Bertz CT molecular complexity index is 240. The highest BCUT2D eigenvalue weighted by Gasteiger charge is 2.17. The summed E-state index contributed by atoms with van der Waals surface area (Å²) in [5, 5.41) is 2.40. The lowest BCUT2D eigenvalue weighted by Crippen LogP contribution is -2.44. The van der Waals surface area contributed by atoms with E-state index in [0.29, 0.717) is 0 Å². The van der Waals surface area contributed by atoms with Crippen molar-refractivity contribution in [2.45, 2.75) is 32.2 Å². The fourth-order valence-corrected chi connectivity index (χ4v) is 0.869. The van der Waals surface area contributed by atoms with Crippen LogP contribution in [0.5, 0.6) is 0 Å². The average Bonchev–Trinajstić information content (AvgIpc) is 2.10. The molecule has 0 fully saturated rings. The average molecular weight is 201 g/mol. The molecule has 1 atom stereocenters. The molecule has 0 aromatic heterocycles. The number of carbonyl (C=O) groups is 3. The van der Waals surface area contributed by atoms with Crippen molar-refractivity contribution in [2.24, 2.45) is 11.5 Å². The van der Waals surface area contributed by atoms with Gasteiger partial charge in [0, 0.05) is 12.8 Å². The minimum absolute atomic E-state index is 0.0254. The number of primary amides is 2. The molecular formula is C8H15N3O3. The van der Waals surface area contributed by atoms with Crippen molar-refractivity contribution in [1.82, 2.24) is 5.32 Å². The van der Waals surface area contributed by atoms with Gasteiger partial charge >= 0.3 is 0 Å². The van der Waals surface area contributed by atoms with Gasteiger partial charge in [-0.25, -0.2) is 0 Å². The van der Waals surface area contributed by atoms with Crippen LogP contribution in [0, 0.1) is 0 Å². The molecule has 0 aliphatic carbocycles. The summed E-state index contributed by atoms with van der Waals surface area (Å²) >= 11 is 0. The third-order valence-corrected chi connectivity index (χ3v) is 1.68. The lowest BCUT2D eigenvalue weighted by molar-refractivity contribution is -0.127. The molecule has 6 heteroatoms. The number of hydrogen-bond donors (Lipinski definition) is 3. The van der Waals surface area contributed by atoms with Crippen LogP contribution in [0.15, 0.2) is 0 Å². The molecule has 0 aromatic carbocycles. The molecule has 80 valence electrons. The van der Waals surface area contributed by atoms with E-state index in [0.717, 1.165) is 0 Å². The second-order valence-electron chi connectivity index (χ2n) is 2.88. The van der Waals surface area contributed by atoms with E-state index < -0.39 is 17.9 Å². The van der Waals surface area contributed by atoms with Gasteiger partial charge in [-0.05, 0) is 6.42 Å². The SMILES string of the molecule is CCC(=O)NC(CCC(N)=O)C(N)=O. The van der Waals surface area contributed by atoms with Crippen LogP contribution in [0.1, 0.15) is 26.2 Å². The van der Waals surface area contributed by atoms with Crippen molar-refractivity contribution in [2.75, 3.05) is 0 Å². The second kappa shape index (κ2) is 5.95. The Morgan fingerprint density at radius 1 is 1.29 bits per heavy atom. The summed E-state index contributed by atoms with van der Waals surface area (Å²) in [7, 11) is 0. The molecular weight excluding hydrogens is 186 g/mol. The summed E-state index contributed by atoms with van der Waals surface area (Å²) < 4.78 is 0. The molecule has 0 aliphatic heterocycles. The smallest absolute Gasteiger partial charge is 0.240 e. The molecule has 0 aliphatic rings. The van der Waals surface area contributed by atoms with Crippen LogP contribution in [0.25, 0.3) is 0 Å². The quantitative estimate of drug-likeness (QED) is 0.492. The van der Waals surface area contributed by atoms with Crippen LogP contribution in [0.3, 0.4) is 0 Å². The largest absolute Gasteiger partial charge is 0.370 e. The zero-order valence-corrected chi connectivity index (χ0v) is 8.08. The van der Waals surface area contributed by atoms with Crippen LogP contribution < -0.4 is 16.8 Å². The maximum Gasteiger partial charge on any atom is 0.240 e. The molecule has 14 heavy (non-hydrogen) atoms. The summed E-state index contributed by atoms with van der Waals surface area (Å²) in [6.07, 6.45) is 0.439. The van der Waals surface area contributed by atoms with Crippen molar-refractivity contribution >= 4 is 17.7 Å².